The Morgan fingerprint density at radius 1 is 1.11 bits per heavy atom. The summed E-state index contributed by atoms with van der Waals surface area (Å²) in [4.78, 5) is 38.8. The maximum Gasteiger partial charge on any atom is 0.381 e. The molecular weight excluding hydrogens is 469 g/mol. The number of aryl methyl sites for hydroxylation is 1. The van der Waals surface area contributed by atoms with Crippen molar-refractivity contribution in [2.75, 3.05) is 7.05 Å². The number of amides is 2. The van der Waals surface area contributed by atoms with Crippen LogP contribution in [0.2, 0.25) is 0 Å². The second-order valence-electron chi connectivity index (χ2n) is 9.76. The molecular formula is C25H41N3O6P+. The van der Waals surface area contributed by atoms with E-state index in [0.29, 0.717) is 12.8 Å². The number of hydrogen-bond acceptors (Lipinski definition) is 6. The highest BCUT2D eigenvalue weighted by Crippen LogP contribution is 2.43. The highest BCUT2D eigenvalue weighted by Gasteiger charge is 2.60. The Balaban J connectivity index is 2.99. The molecule has 0 fully saturated rings. The molecule has 0 aliphatic carbocycles. The minimum absolute atomic E-state index is 0.110. The molecule has 0 aliphatic rings. The normalized spacial score (nSPS) is 15.9. The zero-order valence-corrected chi connectivity index (χ0v) is 22.4. The number of aliphatic carboxylic acids is 1. The summed E-state index contributed by atoms with van der Waals surface area (Å²) in [6, 6.07) is 9.46. The molecule has 0 saturated carbocycles. The molecule has 5 N–H and O–H groups in total. The van der Waals surface area contributed by atoms with E-state index in [1.54, 1.807) is 27.7 Å². The second kappa shape index (κ2) is 13.7. The van der Waals surface area contributed by atoms with Crippen LogP contribution in [-0.2, 0) is 25.4 Å². The van der Waals surface area contributed by atoms with Gasteiger partial charge in [-0.05, 0) is 57.4 Å². The number of nitrogens with two attached hydrogens (primary N) is 1. The summed E-state index contributed by atoms with van der Waals surface area (Å²) in [7, 11) is 0.0796. The smallest absolute Gasteiger partial charge is 0.381 e. The second-order valence-corrected chi connectivity index (χ2v) is 10.7. The lowest BCUT2D eigenvalue weighted by atomic mass is 9.82. The van der Waals surface area contributed by atoms with Gasteiger partial charge in [0.25, 0.3) is 5.91 Å². The van der Waals surface area contributed by atoms with Crippen LogP contribution in [0.25, 0.3) is 0 Å². The lowest BCUT2D eigenvalue weighted by Crippen LogP contribution is -2.58. The Labute approximate surface area is 209 Å². The highest BCUT2D eigenvalue weighted by atomic mass is 31.1. The van der Waals surface area contributed by atoms with Gasteiger partial charge in [0.15, 0.2) is 5.72 Å². The maximum absolute atomic E-state index is 13.0. The van der Waals surface area contributed by atoms with Crippen LogP contribution < -0.4 is 11.1 Å². The number of carboxylic acids is 1. The van der Waals surface area contributed by atoms with E-state index < -0.39 is 43.2 Å². The molecule has 0 aromatic heterocycles. The molecule has 10 heteroatoms. The molecule has 0 saturated heterocycles. The summed E-state index contributed by atoms with van der Waals surface area (Å²) >= 11 is 0. The molecule has 1 aromatic rings. The number of carbonyl (C=O) groups is 3. The van der Waals surface area contributed by atoms with Crippen LogP contribution in [0.15, 0.2) is 30.3 Å². The summed E-state index contributed by atoms with van der Waals surface area (Å²) in [5, 5.41) is 21.2. The standard InChI is InChI=1S/C25H40N3O6P/c1-17(2)20(14-10-16-24(26,33)22(30)27-18(3)4)25(35-34,23(31)32)28(5)21(29)15-9-13-19-11-7-6-8-12-19/h6-8,11-12,17-18,20,33H,9-10,13-16,26H2,1-5H3,(H,27,30)(H,31,32)/p+1/t20?,24?,25-/m1/s1. The van der Waals surface area contributed by atoms with E-state index in [9.17, 15) is 29.2 Å². The molecule has 4 atom stereocenters. The number of nitrogens with one attached hydrogen (secondary N) is 1. The van der Waals surface area contributed by atoms with Gasteiger partial charge >= 0.3 is 19.7 Å². The Morgan fingerprint density at radius 3 is 2.20 bits per heavy atom. The van der Waals surface area contributed by atoms with Crippen molar-refractivity contribution >= 4 is 26.2 Å². The van der Waals surface area contributed by atoms with Gasteiger partial charge in [0, 0.05) is 25.4 Å². The topological polar surface area (TPSA) is 150 Å². The van der Waals surface area contributed by atoms with Gasteiger partial charge < -0.3 is 15.5 Å². The first-order valence-corrected chi connectivity index (χ1v) is 13.0. The quantitative estimate of drug-likeness (QED) is 0.209. The van der Waals surface area contributed by atoms with Crippen LogP contribution in [0.5, 0.6) is 0 Å². The summed E-state index contributed by atoms with van der Waals surface area (Å²) in [6.45, 7) is 7.09. The van der Waals surface area contributed by atoms with E-state index in [-0.39, 0.29) is 37.6 Å². The Bertz CT molecular complexity index is 862. The molecule has 2 amide bonds. The molecule has 3 unspecified atom stereocenters. The Kier molecular flexibility index (Phi) is 12.0. The molecule has 0 heterocycles. The van der Waals surface area contributed by atoms with E-state index in [4.69, 9.17) is 5.73 Å². The predicted octanol–water partition coefficient (Wildman–Crippen LogP) is 2.89. The number of hydrogen-bond donors (Lipinski definition) is 4. The predicted molar refractivity (Wildman–Crippen MR) is 136 cm³/mol. The van der Waals surface area contributed by atoms with Crippen molar-refractivity contribution in [3.05, 3.63) is 35.9 Å². The first-order valence-electron chi connectivity index (χ1n) is 12.0. The van der Waals surface area contributed by atoms with Crippen molar-refractivity contribution in [1.29, 1.82) is 0 Å². The van der Waals surface area contributed by atoms with Crippen molar-refractivity contribution in [3.8, 4) is 0 Å². The molecule has 9 nitrogen and oxygen atoms in total. The number of likely N-dealkylation sites (N-methyl/N-ethyl adjacent to an activating group) is 1. The van der Waals surface area contributed by atoms with Crippen molar-refractivity contribution in [3.63, 3.8) is 0 Å². The fourth-order valence-electron chi connectivity index (χ4n) is 4.31. The third-order valence-electron chi connectivity index (χ3n) is 6.31. The van der Waals surface area contributed by atoms with Crippen LogP contribution in [-0.4, -0.2) is 57.0 Å². The van der Waals surface area contributed by atoms with Crippen LogP contribution in [0.3, 0.4) is 0 Å². The monoisotopic (exact) mass is 510 g/mol. The highest BCUT2D eigenvalue weighted by molar-refractivity contribution is 7.27. The maximum atomic E-state index is 13.0. The van der Waals surface area contributed by atoms with Crippen molar-refractivity contribution in [1.82, 2.24) is 10.2 Å². The van der Waals surface area contributed by atoms with Crippen molar-refractivity contribution in [2.24, 2.45) is 17.6 Å². The van der Waals surface area contributed by atoms with Gasteiger partial charge in [0.2, 0.25) is 5.91 Å². The van der Waals surface area contributed by atoms with Gasteiger partial charge in [-0.3, -0.25) is 20.2 Å². The van der Waals surface area contributed by atoms with Crippen LogP contribution in [0.1, 0.15) is 65.4 Å². The average Bonchev–Trinajstić information content (AvgIpc) is 2.78. The zero-order chi connectivity index (χ0) is 26.8. The lowest BCUT2D eigenvalue weighted by molar-refractivity contribution is -0.156. The molecule has 0 spiro atoms. The molecule has 0 radical (unpaired) electrons. The van der Waals surface area contributed by atoms with E-state index in [2.05, 4.69) is 5.32 Å². The third-order valence-corrected chi connectivity index (χ3v) is 7.54. The van der Waals surface area contributed by atoms with Crippen LogP contribution in [0.4, 0.5) is 0 Å². The summed E-state index contributed by atoms with van der Waals surface area (Å²) < 4.78 is 12.5. The fraction of sp³-hybridized carbons (Fsp3) is 0.640. The molecule has 0 bridgehead atoms. The number of carboxylic acid groups (broad SMARTS) is 1. The molecule has 1 rings (SSSR count). The van der Waals surface area contributed by atoms with E-state index in [0.717, 1.165) is 10.5 Å². The Hall–Kier alpha value is -2.35. The van der Waals surface area contributed by atoms with Crippen molar-refractivity contribution in [2.45, 2.75) is 83.3 Å². The van der Waals surface area contributed by atoms with Crippen molar-refractivity contribution < 1.29 is 29.2 Å². The number of carbonyl (C=O) groups excluding carboxylic acids is 2. The van der Waals surface area contributed by atoms with Gasteiger partial charge in [-0.15, -0.1) is 0 Å². The zero-order valence-electron chi connectivity index (χ0n) is 21.4. The number of rotatable bonds is 15. The van der Waals surface area contributed by atoms with E-state index >= 15 is 0 Å². The molecule has 0 aliphatic heterocycles. The Morgan fingerprint density at radius 2 is 1.71 bits per heavy atom. The first kappa shape index (κ1) is 30.7. The van der Waals surface area contributed by atoms with E-state index in [1.165, 1.54) is 7.05 Å². The first-order chi connectivity index (χ1) is 16.3. The number of aliphatic hydroxyl groups is 1. The fourth-order valence-corrected chi connectivity index (χ4v) is 5.29. The number of benzene rings is 1. The van der Waals surface area contributed by atoms with E-state index in [1.807, 2.05) is 30.3 Å². The third kappa shape index (κ3) is 8.37. The summed E-state index contributed by atoms with van der Waals surface area (Å²) in [5.41, 5.74) is 4.75. The van der Waals surface area contributed by atoms with Gasteiger partial charge in [-0.25, -0.2) is 4.79 Å². The largest absolute Gasteiger partial charge is 0.476 e. The van der Waals surface area contributed by atoms with Crippen LogP contribution >= 0.6 is 8.46 Å². The molecule has 35 heavy (non-hydrogen) atoms. The molecule has 196 valence electrons. The minimum atomic E-state index is -2.11. The van der Waals surface area contributed by atoms with Gasteiger partial charge in [0.1, 0.15) is 0 Å². The summed E-state index contributed by atoms with van der Waals surface area (Å²) in [6.07, 6.45) is 1.62. The van der Waals surface area contributed by atoms with Gasteiger partial charge in [-0.2, -0.15) is 0 Å². The average molecular weight is 511 g/mol. The SMILES string of the molecule is CC(C)NC(=O)C(N)(O)CCCC(C(C)C)[C@@]([PH+]=O)(C(=O)O)N(C)C(=O)CCCc1ccccc1. The summed E-state index contributed by atoms with van der Waals surface area (Å²) in [5.74, 6) is -3.40. The van der Waals surface area contributed by atoms with Crippen LogP contribution in [0, 0.1) is 11.8 Å². The van der Waals surface area contributed by atoms with Gasteiger partial charge in [-0.1, -0.05) is 48.7 Å². The minimum Gasteiger partial charge on any atom is -0.476 e. The number of nitrogens with zero attached hydrogens (tertiary/aromatic N) is 1. The molecule has 1 aromatic carbocycles. The lowest BCUT2D eigenvalue weighted by Gasteiger charge is -2.36. The van der Waals surface area contributed by atoms with Gasteiger partial charge in [0.05, 0.1) is 0 Å².